The molecule has 0 radical (unpaired) electrons. The summed E-state index contributed by atoms with van der Waals surface area (Å²) in [6, 6.07) is 2.77. The SMILES string of the molecule is CCCC(Nc1cc(C)c(F)c(C)c1)C(=O)NO. The lowest BCUT2D eigenvalue weighted by Crippen LogP contribution is -2.38. The van der Waals surface area contributed by atoms with Gasteiger partial charge in [0.15, 0.2) is 0 Å². The molecule has 0 aromatic heterocycles. The van der Waals surface area contributed by atoms with Crippen LogP contribution in [0.4, 0.5) is 10.1 Å². The number of hydrogen-bond acceptors (Lipinski definition) is 3. The van der Waals surface area contributed by atoms with E-state index >= 15 is 0 Å². The summed E-state index contributed by atoms with van der Waals surface area (Å²) in [6.07, 6.45) is 1.38. The molecule has 0 aliphatic carbocycles. The van der Waals surface area contributed by atoms with Crippen LogP contribution in [0.1, 0.15) is 30.9 Å². The van der Waals surface area contributed by atoms with E-state index in [1.54, 1.807) is 31.5 Å². The van der Waals surface area contributed by atoms with Crippen molar-refractivity contribution >= 4 is 11.6 Å². The second kappa shape index (κ2) is 6.35. The molecule has 4 nitrogen and oxygen atoms in total. The quantitative estimate of drug-likeness (QED) is 0.559. The van der Waals surface area contributed by atoms with Gasteiger partial charge in [0.2, 0.25) is 0 Å². The first-order chi connectivity index (χ1) is 8.49. The number of anilines is 1. The molecule has 0 fully saturated rings. The van der Waals surface area contributed by atoms with E-state index in [1.807, 2.05) is 6.92 Å². The highest BCUT2D eigenvalue weighted by molar-refractivity contribution is 5.83. The lowest BCUT2D eigenvalue weighted by Gasteiger charge is -2.18. The summed E-state index contributed by atoms with van der Waals surface area (Å²) < 4.78 is 13.5. The molecule has 1 unspecified atom stereocenters. The number of benzene rings is 1. The first kappa shape index (κ1) is 14.4. The molecule has 18 heavy (non-hydrogen) atoms. The summed E-state index contributed by atoms with van der Waals surface area (Å²) in [7, 11) is 0. The van der Waals surface area contributed by atoms with Crippen LogP contribution >= 0.6 is 0 Å². The summed E-state index contributed by atoms with van der Waals surface area (Å²) in [6.45, 7) is 5.30. The molecule has 1 rings (SSSR count). The molecule has 1 aromatic rings. The van der Waals surface area contributed by atoms with E-state index in [1.165, 1.54) is 0 Å². The minimum absolute atomic E-state index is 0.237. The van der Waals surface area contributed by atoms with Gasteiger partial charge in [0.25, 0.3) is 5.91 Å². The standard InChI is InChI=1S/C13H19FN2O2/c1-4-5-11(13(17)16-18)15-10-6-8(2)12(14)9(3)7-10/h6-7,11,15,18H,4-5H2,1-3H3,(H,16,17). The normalized spacial score (nSPS) is 12.1. The lowest BCUT2D eigenvalue weighted by atomic mass is 10.1. The molecule has 1 aromatic carbocycles. The number of hydrogen-bond donors (Lipinski definition) is 3. The molecular weight excluding hydrogens is 235 g/mol. The van der Waals surface area contributed by atoms with E-state index < -0.39 is 11.9 Å². The lowest BCUT2D eigenvalue weighted by molar-refractivity contribution is -0.130. The summed E-state index contributed by atoms with van der Waals surface area (Å²) >= 11 is 0. The number of carbonyl (C=O) groups is 1. The number of nitrogens with one attached hydrogen (secondary N) is 2. The summed E-state index contributed by atoms with van der Waals surface area (Å²) in [5, 5.41) is 11.7. The van der Waals surface area contributed by atoms with Crippen molar-refractivity contribution in [3.63, 3.8) is 0 Å². The van der Waals surface area contributed by atoms with Crippen LogP contribution in [0.2, 0.25) is 0 Å². The van der Waals surface area contributed by atoms with E-state index in [-0.39, 0.29) is 5.82 Å². The van der Waals surface area contributed by atoms with Crippen molar-refractivity contribution in [1.82, 2.24) is 5.48 Å². The third kappa shape index (κ3) is 3.43. The highest BCUT2D eigenvalue weighted by Gasteiger charge is 2.17. The van der Waals surface area contributed by atoms with Crippen LogP contribution in [0.3, 0.4) is 0 Å². The number of hydroxylamine groups is 1. The Balaban J connectivity index is 2.90. The van der Waals surface area contributed by atoms with Crippen molar-refractivity contribution in [3.8, 4) is 0 Å². The van der Waals surface area contributed by atoms with Gasteiger partial charge in [-0.25, -0.2) is 9.87 Å². The van der Waals surface area contributed by atoms with Gasteiger partial charge in [-0.1, -0.05) is 13.3 Å². The minimum Gasteiger partial charge on any atom is -0.374 e. The Morgan fingerprint density at radius 1 is 1.39 bits per heavy atom. The number of halogens is 1. The van der Waals surface area contributed by atoms with E-state index in [2.05, 4.69) is 5.32 Å². The fourth-order valence-corrected chi connectivity index (χ4v) is 1.87. The highest BCUT2D eigenvalue weighted by Crippen LogP contribution is 2.19. The zero-order valence-electron chi connectivity index (χ0n) is 10.9. The number of amides is 1. The Bertz CT molecular complexity index is 412. The fourth-order valence-electron chi connectivity index (χ4n) is 1.87. The Morgan fingerprint density at radius 3 is 2.39 bits per heavy atom. The molecule has 0 spiro atoms. The van der Waals surface area contributed by atoms with Crippen molar-refractivity contribution in [3.05, 3.63) is 29.1 Å². The van der Waals surface area contributed by atoms with Gasteiger partial charge in [-0.15, -0.1) is 0 Å². The van der Waals surface area contributed by atoms with Crippen molar-refractivity contribution in [2.24, 2.45) is 0 Å². The van der Waals surface area contributed by atoms with Crippen LogP contribution < -0.4 is 10.8 Å². The topological polar surface area (TPSA) is 61.4 Å². The maximum absolute atomic E-state index is 13.5. The first-order valence-electron chi connectivity index (χ1n) is 5.96. The summed E-state index contributed by atoms with van der Waals surface area (Å²) in [4.78, 5) is 11.4. The smallest absolute Gasteiger partial charge is 0.265 e. The van der Waals surface area contributed by atoms with Crippen LogP contribution in [0.5, 0.6) is 0 Å². The van der Waals surface area contributed by atoms with Gasteiger partial charge >= 0.3 is 0 Å². The summed E-state index contributed by atoms with van der Waals surface area (Å²) in [5.41, 5.74) is 3.36. The first-order valence-corrected chi connectivity index (χ1v) is 5.96. The van der Waals surface area contributed by atoms with Crippen LogP contribution in [0.15, 0.2) is 12.1 Å². The second-order valence-electron chi connectivity index (χ2n) is 4.39. The molecule has 0 aliphatic rings. The molecule has 1 atom stereocenters. The maximum atomic E-state index is 13.5. The molecule has 0 saturated heterocycles. The van der Waals surface area contributed by atoms with Crippen LogP contribution in [-0.4, -0.2) is 17.2 Å². The molecule has 5 heteroatoms. The van der Waals surface area contributed by atoms with Crippen molar-refractivity contribution < 1.29 is 14.4 Å². The third-order valence-corrected chi connectivity index (χ3v) is 2.78. The van der Waals surface area contributed by atoms with E-state index in [0.717, 1.165) is 6.42 Å². The van der Waals surface area contributed by atoms with Gasteiger partial charge in [0.1, 0.15) is 11.9 Å². The van der Waals surface area contributed by atoms with E-state index in [0.29, 0.717) is 23.2 Å². The van der Waals surface area contributed by atoms with Crippen molar-refractivity contribution in [1.29, 1.82) is 0 Å². The van der Waals surface area contributed by atoms with Gasteiger partial charge in [0.05, 0.1) is 0 Å². The van der Waals surface area contributed by atoms with Crippen molar-refractivity contribution in [2.75, 3.05) is 5.32 Å². The largest absolute Gasteiger partial charge is 0.374 e. The molecule has 0 heterocycles. The molecular formula is C13H19FN2O2. The Morgan fingerprint density at radius 2 is 1.94 bits per heavy atom. The van der Waals surface area contributed by atoms with Crippen LogP contribution in [0, 0.1) is 19.7 Å². The Labute approximate surface area is 106 Å². The molecule has 0 aliphatic heterocycles. The van der Waals surface area contributed by atoms with E-state index in [4.69, 9.17) is 5.21 Å². The summed E-state index contributed by atoms with van der Waals surface area (Å²) in [5.74, 6) is -0.726. The number of rotatable bonds is 5. The minimum atomic E-state index is -0.524. The number of aryl methyl sites for hydroxylation is 2. The maximum Gasteiger partial charge on any atom is 0.265 e. The molecule has 1 amide bonds. The highest BCUT2D eigenvalue weighted by atomic mass is 19.1. The Kier molecular flexibility index (Phi) is 5.09. The van der Waals surface area contributed by atoms with Crippen LogP contribution in [-0.2, 0) is 4.79 Å². The van der Waals surface area contributed by atoms with Gasteiger partial charge in [-0.2, -0.15) is 0 Å². The van der Waals surface area contributed by atoms with Gasteiger partial charge in [-0.3, -0.25) is 10.0 Å². The zero-order chi connectivity index (χ0) is 13.7. The Hall–Kier alpha value is -1.62. The van der Waals surface area contributed by atoms with E-state index in [9.17, 15) is 9.18 Å². The average Bonchev–Trinajstić information content (AvgIpc) is 2.34. The molecule has 3 N–H and O–H groups in total. The second-order valence-corrected chi connectivity index (χ2v) is 4.39. The monoisotopic (exact) mass is 254 g/mol. The predicted octanol–water partition coefficient (Wildman–Crippen LogP) is 2.53. The van der Waals surface area contributed by atoms with Gasteiger partial charge in [-0.05, 0) is 43.5 Å². The van der Waals surface area contributed by atoms with Gasteiger partial charge in [0, 0.05) is 5.69 Å². The average molecular weight is 254 g/mol. The third-order valence-electron chi connectivity index (χ3n) is 2.78. The molecule has 0 bridgehead atoms. The zero-order valence-corrected chi connectivity index (χ0v) is 10.9. The molecule has 0 saturated carbocycles. The van der Waals surface area contributed by atoms with Gasteiger partial charge < -0.3 is 5.32 Å². The predicted molar refractivity (Wildman–Crippen MR) is 68.1 cm³/mol. The fraction of sp³-hybridized carbons (Fsp3) is 0.462. The van der Waals surface area contributed by atoms with Crippen LogP contribution in [0.25, 0.3) is 0 Å². The number of carbonyl (C=O) groups excluding carboxylic acids is 1. The molecule has 100 valence electrons. The van der Waals surface area contributed by atoms with Crippen molar-refractivity contribution in [2.45, 2.75) is 39.7 Å².